The van der Waals surface area contributed by atoms with Crippen molar-refractivity contribution < 1.29 is 18.6 Å². The number of nitrogen functional groups attached to an aromatic ring is 1. The Hall–Kier alpha value is -3.41. The highest BCUT2D eigenvalue weighted by atomic mass is 35.5. The van der Waals surface area contributed by atoms with Gasteiger partial charge in [-0.25, -0.2) is 13.8 Å². The maximum atomic E-state index is 14.6. The molecule has 2 atom stereocenters. The summed E-state index contributed by atoms with van der Waals surface area (Å²) in [5, 5.41) is 16.6. The van der Waals surface area contributed by atoms with Crippen LogP contribution in [0.1, 0.15) is 19.4 Å². The minimum atomic E-state index is -1.33. The van der Waals surface area contributed by atoms with Crippen molar-refractivity contribution in [1.29, 1.82) is 0 Å². The molecule has 204 valence electrons. The second-order valence-electron chi connectivity index (χ2n) is 9.95. The Labute approximate surface area is 225 Å². The van der Waals surface area contributed by atoms with Crippen LogP contribution in [0.25, 0.3) is 0 Å². The van der Waals surface area contributed by atoms with E-state index in [1.807, 2.05) is 23.9 Å². The molecule has 2 heterocycles. The third-order valence-electron chi connectivity index (χ3n) is 6.46. The number of hydrogen-bond donors (Lipinski definition) is 4. The van der Waals surface area contributed by atoms with E-state index in [1.54, 1.807) is 32.0 Å². The van der Waals surface area contributed by atoms with E-state index in [-0.39, 0.29) is 23.6 Å². The number of alkyl halides is 1. The van der Waals surface area contributed by atoms with Crippen LogP contribution in [-0.2, 0) is 5.60 Å². The first-order chi connectivity index (χ1) is 17.9. The summed E-state index contributed by atoms with van der Waals surface area (Å²) in [7, 11) is 5.24. The van der Waals surface area contributed by atoms with E-state index in [4.69, 9.17) is 22.1 Å². The van der Waals surface area contributed by atoms with E-state index in [2.05, 4.69) is 20.6 Å². The van der Waals surface area contributed by atoms with Crippen LogP contribution in [0, 0.1) is 5.82 Å². The molecule has 38 heavy (non-hydrogen) atoms. The lowest BCUT2D eigenvalue weighted by molar-refractivity contribution is 0.0790. The van der Waals surface area contributed by atoms with Gasteiger partial charge in [0.2, 0.25) is 5.95 Å². The number of aliphatic hydroxyl groups is 1. The molecule has 3 aromatic rings. The number of nitrogens with two attached hydrogens (primary N) is 1. The van der Waals surface area contributed by atoms with Gasteiger partial charge >= 0.3 is 0 Å². The molecular weight excluding hydrogens is 516 g/mol. The van der Waals surface area contributed by atoms with Crippen molar-refractivity contribution in [1.82, 2.24) is 14.9 Å². The van der Waals surface area contributed by atoms with Crippen LogP contribution in [0.15, 0.2) is 36.5 Å². The van der Waals surface area contributed by atoms with Crippen LogP contribution >= 0.6 is 11.6 Å². The van der Waals surface area contributed by atoms with Crippen molar-refractivity contribution >= 4 is 46.1 Å². The lowest BCUT2D eigenvalue weighted by atomic mass is 9.96. The van der Waals surface area contributed by atoms with Gasteiger partial charge in [-0.1, -0.05) is 11.6 Å². The summed E-state index contributed by atoms with van der Waals surface area (Å²) in [5.74, 6) is 0.450. The number of ether oxygens (including phenoxy) is 1. The van der Waals surface area contributed by atoms with Gasteiger partial charge in [-0.3, -0.25) is 0 Å². The number of aromatic nitrogens is 2. The number of rotatable bonds is 8. The van der Waals surface area contributed by atoms with Crippen LogP contribution in [0.2, 0.25) is 5.02 Å². The monoisotopic (exact) mass is 547 g/mol. The van der Waals surface area contributed by atoms with E-state index in [9.17, 15) is 13.9 Å². The number of hydrogen-bond acceptors (Lipinski definition) is 9. The summed E-state index contributed by atoms with van der Waals surface area (Å²) in [5.41, 5.74) is 7.39. The van der Waals surface area contributed by atoms with Gasteiger partial charge in [0.25, 0.3) is 0 Å². The fourth-order valence-corrected chi connectivity index (χ4v) is 4.62. The van der Waals surface area contributed by atoms with E-state index in [0.717, 1.165) is 0 Å². The standard InChI is InChI=1S/C26H32ClF2N7O2/c1-26(2,37)14-8-16(28)15(27)9-19(14)32-24-6-7-31-25(34-24)33-20-10-18(30)21(11-23(20)38-5)36-12-17(29)22(13-36)35(3)4/h6-11,17,22,37H,12-13,30H2,1-5H3,(H2,31,32,33,34)/t17-,22+/m1/s1. The quantitative estimate of drug-likeness (QED) is 0.299. The average Bonchev–Trinajstić information content (AvgIpc) is 3.22. The van der Waals surface area contributed by atoms with Crippen molar-refractivity contribution in [3.63, 3.8) is 0 Å². The molecule has 0 radical (unpaired) electrons. The van der Waals surface area contributed by atoms with Crippen molar-refractivity contribution in [3.05, 3.63) is 52.9 Å². The number of nitrogens with zero attached hydrogens (tertiary/aromatic N) is 4. The Kier molecular flexibility index (Phi) is 7.82. The highest BCUT2D eigenvalue weighted by Gasteiger charge is 2.35. The molecule has 1 fully saturated rings. The topological polar surface area (TPSA) is 112 Å². The Balaban J connectivity index is 1.59. The molecule has 4 rings (SSSR count). The smallest absolute Gasteiger partial charge is 0.229 e. The summed E-state index contributed by atoms with van der Waals surface area (Å²) in [6.45, 7) is 3.83. The normalized spacial score (nSPS) is 17.7. The molecule has 1 aliphatic rings. The van der Waals surface area contributed by atoms with Crippen molar-refractivity contribution in [2.24, 2.45) is 0 Å². The van der Waals surface area contributed by atoms with Gasteiger partial charge in [0.1, 0.15) is 23.6 Å². The fraction of sp³-hybridized carbons (Fsp3) is 0.385. The van der Waals surface area contributed by atoms with Gasteiger partial charge in [-0.15, -0.1) is 0 Å². The zero-order valence-electron chi connectivity index (χ0n) is 21.9. The summed E-state index contributed by atoms with van der Waals surface area (Å²) in [6.07, 6.45) is 0.536. The SMILES string of the molecule is COc1cc(N2C[C@@H](F)[C@@H](N(C)C)C2)c(N)cc1Nc1nccc(Nc2cc(Cl)c(F)cc2C(C)(C)O)n1. The second-order valence-corrected chi connectivity index (χ2v) is 10.4. The second kappa shape index (κ2) is 10.8. The lowest BCUT2D eigenvalue weighted by Crippen LogP contribution is -2.36. The maximum absolute atomic E-state index is 14.6. The predicted octanol–water partition coefficient (Wildman–Crippen LogP) is 4.66. The van der Waals surface area contributed by atoms with Gasteiger partial charge in [-0.05, 0) is 52.2 Å². The Morgan fingerprint density at radius 2 is 1.92 bits per heavy atom. The largest absolute Gasteiger partial charge is 0.494 e. The predicted molar refractivity (Wildman–Crippen MR) is 147 cm³/mol. The van der Waals surface area contributed by atoms with Crippen molar-refractivity contribution in [2.75, 3.05) is 55.6 Å². The van der Waals surface area contributed by atoms with Crippen LogP contribution in [0.4, 0.5) is 43.3 Å². The summed E-state index contributed by atoms with van der Waals surface area (Å²) >= 11 is 5.99. The molecular formula is C26H32ClF2N7O2. The number of nitrogens with one attached hydrogen (secondary N) is 2. The molecule has 0 spiro atoms. The van der Waals surface area contributed by atoms with Crippen molar-refractivity contribution in [3.8, 4) is 5.75 Å². The van der Waals surface area contributed by atoms with Crippen LogP contribution in [0.5, 0.6) is 5.75 Å². The molecule has 1 aliphatic heterocycles. The first-order valence-electron chi connectivity index (χ1n) is 12.0. The molecule has 0 aliphatic carbocycles. The molecule has 0 bridgehead atoms. The third-order valence-corrected chi connectivity index (χ3v) is 6.75. The third kappa shape index (κ3) is 5.85. The van der Waals surface area contributed by atoms with Crippen molar-refractivity contribution in [2.45, 2.75) is 31.7 Å². The molecule has 0 saturated carbocycles. The van der Waals surface area contributed by atoms with E-state index in [1.165, 1.54) is 25.4 Å². The van der Waals surface area contributed by atoms with Gasteiger partial charge in [-0.2, -0.15) is 4.98 Å². The molecule has 9 nitrogen and oxygen atoms in total. The first kappa shape index (κ1) is 27.6. The Morgan fingerprint density at radius 1 is 1.18 bits per heavy atom. The van der Waals surface area contributed by atoms with E-state index in [0.29, 0.717) is 46.4 Å². The highest BCUT2D eigenvalue weighted by molar-refractivity contribution is 6.31. The average molecular weight is 548 g/mol. The first-order valence-corrected chi connectivity index (χ1v) is 12.4. The molecule has 0 amide bonds. The minimum Gasteiger partial charge on any atom is -0.494 e. The Bertz CT molecular complexity index is 1320. The summed E-state index contributed by atoms with van der Waals surface area (Å²) in [4.78, 5) is 12.5. The van der Waals surface area contributed by atoms with Gasteiger partial charge in [0, 0.05) is 30.1 Å². The lowest BCUT2D eigenvalue weighted by Gasteiger charge is -2.24. The highest BCUT2D eigenvalue weighted by Crippen LogP contribution is 2.39. The fourth-order valence-electron chi connectivity index (χ4n) is 4.46. The summed E-state index contributed by atoms with van der Waals surface area (Å²) in [6, 6.07) is 7.43. The Morgan fingerprint density at radius 3 is 2.55 bits per heavy atom. The van der Waals surface area contributed by atoms with E-state index < -0.39 is 17.6 Å². The minimum absolute atomic E-state index is 0.0952. The molecule has 2 aromatic carbocycles. The number of methoxy groups -OCH3 is 1. The number of anilines is 6. The molecule has 1 aromatic heterocycles. The molecule has 0 unspecified atom stereocenters. The van der Waals surface area contributed by atoms with E-state index >= 15 is 0 Å². The van der Waals surface area contributed by atoms with Crippen LogP contribution < -0.4 is 26.0 Å². The molecule has 5 N–H and O–H groups in total. The zero-order valence-corrected chi connectivity index (χ0v) is 22.6. The van der Waals surface area contributed by atoms with Gasteiger partial charge < -0.3 is 36.0 Å². The van der Waals surface area contributed by atoms with Crippen LogP contribution in [0.3, 0.4) is 0 Å². The van der Waals surface area contributed by atoms with Gasteiger partial charge in [0.15, 0.2) is 0 Å². The van der Waals surface area contributed by atoms with Gasteiger partial charge in [0.05, 0.1) is 47.4 Å². The zero-order chi connectivity index (χ0) is 27.8. The molecule has 12 heteroatoms. The maximum Gasteiger partial charge on any atom is 0.229 e. The number of likely N-dealkylation sites (N-methyl/N-ethyl adjacent to an activating group) is 1. The number of benzene rings is 2. The summed E-state index contributed by atoms with van der Waals surface area (Å²) < 4.78 is 34.2. The number of halogens is 3. The van der Waals surface area contributed by atoms with Crippen LogP contribution in [-0.4, -0.2) is 66.5 Å². The molecule has 1 saturated heterocycles.